The van der Waals surface area contributed by atoms with Gasteiger partial charge in [0.2, 0.25) is 0 Å². The molecule has 2 fully saturated rings. The van der Waals surface area contributed by atoms with Gasteiger partial charge in [-0.25, -0.2) is 0 Å². The molecule has 21 heavy (non-hydrogen) atoms. The minimum atomic E-state index is -0.0160. The van der Waals surface area contributed by atoms with Gasteiger partial charge in [0.05, 0.1) is 13.0 Å². The number of carbonyl (C=O) groups is 1. The van der Waals surface area contributed by atoms with Crippen molar-refractivity contribution in [3.63, 3.8) is 0 Å². The highest BCUT2D eigenvalue weighted by molar-refractivity contribution is 5.71. The summed E-state index contributed by atoms with van der Waals surface area (Å²) in [5, 5.41) is 0. The number of esters is 1. The molecule has 1 heterocycles. The lowest BCUT2D eigenvalue weighted by atomic mass is 9.69. The zero-order chi connectivity index (χ0) is 15.5. The second-order valence-corrected chi connectivity index (χ2v) is 7.35. The van der Waals surface area contributed by atoms with Gasteiger partial charge < -0.3 is 9.64 Å². The van der Waals surface area contributed by atoms with Crippen LogP contribution < -0.4 is 0 Å². The number of piperazine rings is 1. The molecule has 2 atom stereocenters. The van der Waals surface area contributed by atoms with Crippen LogP contribution in [0.3, 0.4) is 0 Å². The third-order valence-electron chi connectivity index (χ3n) is 5.21. The summed E-state index contributed by atoms with van der Waals surface area (Å²) in [6.45, 7) is 11.4. The Bertz CT molecular complexity index is 341. The van der Waals surface area contributed by atoms with Crippen LogP contribution in [-0.2, 0) is 9.53 Å². The van der Waals surface area contributed by atoms with E-state index in [-0.39, 0.29) is 11.5 Å². The first-order chi connectivity index (χ1) is 9.95. The molecule has 0 spiro atoms. The van der Waals surface area contributed by atoms with Crippen molar-refractivity contribution in [3.05, 3.63) is 0 Å². The van der Waals surface area contributed by atoms with Gasteiger partial charge in [-0.1, -0.05) is 13.8 Å². The van der Waals surface area contributed by atoms with Crippen LogP contribution in [0, 0.1) is 11.8 Å². The minimum absolute atomic E-state index is 0.0160. The van der Waals surface area contributed by atoms with E-state index in [9.17, 15) is 4.79 Å². The van der Waals surface area contributed by atoms with Gasteiger partial charge >= 0.3 is 5.97 Å². The summed E-state index contributed by atoms with van der Waals surface area (Å²) in [7, 11) is 2.18. The van der Waals surface area contributed by atoms with E-state index in [1.165, 1.54) is 6.42 Å². The molecule has 2 unspecified atom stereocenters. The number of ether oxygens (including phenoxy) is 1. The van der Waals surface area contributed by atoms with Crippen molar-refractivity contribution >= 4 is 5.97 Å². The highest BCUT2D eigenvalue weighted by Gasteiger charge is 2.44. The number of nitrogens with zero attached hydrogens (tertiary/aromatic N) is 2. The normalized spacial score (nSPS) is 35.6. The topological polar surface area (TPSA) is 32.8 Å². The maximum Gasteiger partial charge on any atom is 0.307 e. The van der Waals surface area contributed by atoms with E-state index in [0.29, 0.717) is 24.9 Å². The van der Waals surface area contributed by atoms with Gasteiger partial charge in [0.1, 0.15) is 0 Å². The summed E-state index contributed by atoms with van der Waals surface area (Å²) in [5.74, 6) is 1.38. The van der Waals surface area contributed by atoms with Crippen molar-refractivity contribution in [2.45, 2.75) is 52.0 Å². The molecule has 4 nitrogen and oxygen atoms in total. The first kappa shape index (κ1) is 16.8. The van der Waals surface area contributed by atoms with Gasteiger partial charge in [-0.15, -0.1) is 0 Å². The predicted octanol–water partition coefficient (Wildman–Crippen LogP) is 2.38. The van der Waals surface area contributed by atoms with Crippen LogP contribution in [0.5, 0.6) is 0 Å². The molecule has 2 rings (SSSR count). The number of likely N-dealkylation sites (N-methyl/N-ethyl adjacent to an activating group) is 1. The summed E-state index contributed by atoms with van der Waals surface area (Å²) >= 11 is 0. The highest BCUT2D eigenvalue weighted by atomic mass is 16.5. The Morgan fingerprint density at radius 2 is 1.71 bits per heavy atom. The van der Waals surface area contributed by atoms with Gasteiger partial charge in [-0.2, -0.15) is 0 Å². The van der Waals surface area contributed by atoms with Gasteiger partial charge in [0.25, 0.3) is 0 Å². The first-order valence-corrected chi connectivity index (χ1v) is 8.54. The van der Waals surface area contributed by atoms with E-state index in [1.807, 2.05) is 6.92 Å². The molecule has 0 aromatic heterocycles. The standard InChI is InChI=1S/C17H32N2O2/c1-5-21-16(20)13-17(11-14(2)10-15(3)12-17)19-8-6-18(4)7-9-19/h14-15H,5-13H2,1-4H3. The molecular weight excluding hydrogens is 264 g/mol. The quantitative estimate of drug-likeness (QED) is 0.746. The van der Waals surface area contributed by atoms with Crippen molar-refractivity contribution in [2.24, 2.45) is 11.8 Å². The van der Waals surface area contributed by atoms with Crippen LogP contribution in [-0.4, -0.2) is 61.1 Å². The Morgan fingerprint density at radius 1 is 1.14 bits per heavy atom. The summed E-state index contributed by atoms with van der Waals surface area (Å²) in [6.07, 6.45) is 4.14. The average Bonchev–Trinajstić information content (AvgIpc) is 2.38. The molecule has 0 N–H and O–H groups in total. The smallest absolute Gasteiger partial charge is 0.307 e. The van der Waals surface area contributed by atoms with Gasteiger partial charge in [0, 0.05) is 31.7 Å². The minimum Gasteiger partial charge on any atom is -0.466 e. The molecule has 0 aromatic rings. The van der Waals surface area contributed by atoms with E-state index < -0.39 is 0 Å². The van der Waals surface area contributed by atoms with Gasteiger partial charge in [-0.05, 0) is 45.1 Å². The number of rotatable bonds is 4. The van der Waals surface area contributed by atoms with Crippen molar-refractivity contribution < 1.29 is 9.53 Å². The van der Waals surface area contributed by atoms with Gasteiger partial charge in [0.15, 0.2) is 0 Å². The molecule has 4 heteroatoms. The van der Waals surface area contributed by atoms with Crippen LogP contribution in [0.1, 0.15) is 46.5 Å². The fourth-order valence-corrected chi connectivity index (χ4v) is 4.51. The van der Waals surface area contributed by atoms with Crippen LogP contribution in [0.15, 0.2) is 0 Å². The zero-order valence-electron chi connectivity index (χ0n) is 14.2. The molecule has 2 aliphatic rings. The Balaban J connectivity index is 2.14. The molecule has 1 aliphatic heterocycles. The van der Waals surface area contributed by atoms with E-state index >= 15 is 0 Å². The second-order valence-electron chi connectivity index (χ2n) is 7.35. The summed E-state index contributed by atoms with van der Waals surface area (Å²) in [5.41, 5.74) is 0.0323. The molecular formula is C17H32N2O2. The van der Waals surface area contributed by atoms with E-state index in [2.05, 4.69) is 30.7 Å². The van der Waals surface area contributed by atoms with Crippen LogP contribution >= 0.6 is 0 Å². The van der Waals surface area contributed by atoms with E-state index in [1.54, 1.807) is 0 Å². The SMILES string of the molecule is CCOC(=O)CC1(N2CCN(C)CC2)CC(C)CC(C)C1. The Hall–Kier alpha value is -0.610. The summed E-state index contributed by atoms with van der Waals surface area (Å²) < 4.78 is 5.28. The maximum absolute atomic E-state index is 12.2. The fourth-order valence-electron chi connectivity index (χ4n) is 4.51. The third-order valence-corrected chi connectivity index (χ3v) is 5.21. The Labute approximate surface area is 129 Å². The predicted molar refractivity (Wildman–Crippen MR) is 85.2 cm³/mol. The molecule has 1 saturated carbocycles. The molecule has 0 bridgehead atoms. The lowest BCUT2D eigenvalue weighted by molar-refractivity contribution is -0.149. The van der Waals surface area contributed by atoms with Crippen LogP contribution in [0.25, 0.3) is 0 Å². The number of carbonyl (C=O) groups excluding carboxylic acids is 1. The monoisotopic (exact) mass is 296 g/mol. The highest BCUT2D eigenvalue weighted by Crippen LogP contribution is 2.42. The summed E-state index contributed by atoms with van der Waals surface area (Å²) in [6, 6.07) is 0. The lowest BCUT2D eigenvalue weighted by Gasteiger charge is -2.52. The zero-order valence-corrected chi connectivity index (χ0v) is 14.2. The fraction of sp³-hybridized carbons (Fsp3) is 0.941. The molecule has 122 valence electrons. The molecule has 0 amide bonds. The van der Waals surface area contributed by atoms with Gasteiger partial charge in [-0.3, -0.25) is 9.69 Å². The van der Waals surface area contributed by atoms with Crippen LogP contribution in [0.4, 0.5) is 0 Å². The second kappa shape index (κ2) is 7.10. The lowest BCUT2D eigenvalue weighted by Crippen LogP contribution is -2.59. The van der Waals surface area contributed by atoms with E-state index in [4.69, 9.17) is 4.74 Å². The summed E-state index contributed by atoms with van der Waals surface area (Å²) in [4.78, 5) is 17.2. The molecule has 1 aliphatic carbocycles. The Kier molecular flexibility index (Phi) is 5.67. The average molecular weight is 296 g/mol. The Morgan fingerprint density at radius 3 is 2.24 bits per heavy atom. The molecule has 0 radical (unpaired) electrons. The van der Waals surface area contributed by atoms with Crippen molar-refractivity contribution in [1.82, 2.24) is 9.80 Å². The number of hydrogen-bond donors (Lipinski definition) is 0. The first-order valence-electron chi connectivity index (χ1n) is 8.54. The third kappa shape index (κ3) is 4.19. The van der Waals surface area contributed by atoms with E-state index in [0.717, 1.165) is 39.0 Å². The van der Waals surface area contributed by atoms with Crippen molar-refractivity contribution in [1.29, 1.82) is 0 Å². The molecule has 0 aromatic carbocycles. The largest absolute Gasteiger partial charge is 0.466 e. The van der Waals surface area contributed by atoms with Crippen LogP contribution in [0.2, 0.25) is 0 Å². The molecule has 1 saturated heterocycles. The number of hydrogen-bond acceptors (Lipinski definition) is 4. The maximum atomic E-state index is 12.2. The van der Waals surface area contributed by atoms with Crippen molar-refractivity contribution in [3.8, 4) is 0 Å². The van der Waals surface area contributed by atoms with Crippen molar-refractivity contribution in [2.75, 3.05) is 39.8 Å².